The average molecular weight is 273 g/mol. The molecule has 0 radical (unpaired) electrons. The molecular formula is C15H15NO4. The summed E-state index contributed by atoms with van der Waals surface area (Å²) in [5.41, 5.74) is 0.554. The lowest BCUT2D eigenvalue weighted by molar-refractivity contribution is -0.153. The highest BCUT2D eigenvalue weighted by atomic mass is 16.5. The van der Waals surface area contributed by atoms with Crippen molar-refractivity contribution in [2.75, 3.05) is 25.7 Å². The maximum Gasteiger partial charge on any atom is 0.337 e. The van der Waals surface area contributed by atoms with Gasteiger partial charge in [-0.2, -0.15) is 0 Å². The smallest absolute Gasteiger partial charge is 0.337 e. The molecule has 5 nitrogen and oxygen atoms in total. The van der Waals surface area contributed by atoms with Gasteiger partial charge in [0, 0.05) is 12.2 Å². The van der Waals surface area contributed by atoms with E-state index in [4.69, 9.17) is 9.47 Å². The van der Waals surface area contributed by atoms with Crippen LogP contribution in [0.25, 0.3) is 0 Å². The Kier molecular flexibility index (Phi) is 2.78. The van der Waals surface area contributed by atoms with Crippen molar-refractivity contribution < 1.29 is 19.1 Å². The second-order valence-electron chi connectivity index (χ2n) is 4.84. The van der Waals surface area contributed by atoms with Crippen LogP contribution in [0, 0.1) is 0 Å². The number of esters is 2. The van der Waals surface area contributed by atoms with E-state index in [1.54, 1.807) is 6.08 Å². The van der Waals surface area contributed by atoms with Crippen LogP contribution >= 0.6 is 0 Å². The third kappa shape index (κ3) is 1.37. The summed E-state index contributed by atoms with van der Waals surface area (Å²) in [7, 11) is 2.66. The van der Waals surface area contributed by atoms with Gasteiger partial charge in [-0.05, 0) is 17.7 Å². The second kappa shape index (κ2) is 4.37. The molecule has 0 aliphatic carbocycles. The summed E-state index contributed by atoms with van der Waals surface area (Å²) in [6.45, 7) is 0.569. The molecule has 1 aromatic carbocycles. The Labute approximate surface area is 116 Å². The lowest BCUT2D eigenvalue weighted by Gasteiger charge is -2.33. The number of carbonyl (C=O) groups is 2. The van der Waals surface area contributed by atoms with E-state index in [1.165, 1.54) is 14.2 Å². The zero-order chi connectivity index (χ0) is 14.3. The minimum Gasteiger partial charge on any atom is -0.468 e. The fourth-order valence-corrected chi connectivity index (χ4v) is 3.23. The molecule has 0 N–H and O–H groups in total. The quantitative estimate of drug-likeness (QED) is 0.599. The van der Waals surface area contributed by atoms with E-state index in [9.17, 15) is 9.59 Å². The Morgan fingerprint density at radius 3 is 2.70 bits per heavy atom. The van der Waals surface area contributed by atoms with Crippen molar-refractivity contribution in [3.05, 3.63) is 42.0 Å². The predicted octanol–water partition coefficient (Wildman–Crippen LogP) is 1.24. The third-order valence-electron chi connectivity index (χ3n) is 4.03. The lowest BCUT2D eigenvalue weighted by Crippen LogP contribution is -2.53. The average Bonchev–Trinajstić information content (AvgIpc) is 3.02. The van der Waals surface area contributed by atoms with Crippen molar-refractivity contribution in [2.24, 2.45) is 0 Å². The molecule has 2 atom stereocenters. The summed E-state index contributed by atoms with van der Waals surface area (Å²) >= 11 is 0. The van der Waals surface area contributed by atoms with Crippen molar-refractivity contribution in [1.82, 2.24) is 0 Å². The van der Waals surface area contributed by atoms with E-state index in [2.05, 4.69) is 0 Å². The molecule has 2 aliphatic rings. The number of fused-ring (bicyclic) bond motifs is 3. The number of anilines is 1. The highest BCUT2D eigenvalue weighted by Crippen LogP contribution is 2.51. The van der Waals surface area contributed by atoms with E-state index in [-0.39, 0.29) is 0 Å². The van der Waals surface area contributed by atoms with Gasteiger partial charge in [-0.3, -0.25) is 4.79 Å². The monoisotopic (exact) mass is 273 g/mol. The Morgan fingerprint density at radius 1 is 1.25 bits per heavy atom. The molecule has 2 aliphatic heterocycles. The summed E-state index contributed by atoms with van der Waals surface area (Å²) in [5, 5.41) is 0. The minimum atomic E-state index is -1.12. The van der Waals surface area contributed by atoms with Gasteiger partial charge in [-0.15, -0.1) is 0 Å². The number of rotatable bonds is 2. The SMILES string of the molecule is COC(=O)[C@@H]1c2ccccc2N2CC=C[C@@]12C(=O)OC. The van der Waals surface area contributed by atoms with Gasteiger partial charge in [0.1, 0.15) is 5.92 Å². The second-order valence-corrected chi connectivity index (χ2v) is 4.84. The molecule has 5 heteroatoms. The molecule has 0 fully saturated rings. The van der Waals surface area contributed by atoms with Crippen LogP contribution in [0.4, 0.5) is 5.69 Å². The van der Waals surface area contributed by atoms with E-state index in [0.29, 0.717) is 6.54 Å². The molecule has 0 bridgehead atoms. The van der Waals surface area contributed by atoms with Crippen molar-refractivity contribution in [2.45, 2.75) is 11.5 Å². The van der Waals surface area contributed by atoms with E-state index in [1.807, 2.05) is 35.2 Å². The first-order chi connectivity index (χ1) is 9.66. The van der Waals surface area contributed by atoms with Gasteiger partial charge in [0.15, 0.2) is 5.54 Å². The third-order valence-corrected chi connectivity index (χ3v) is 4.03. The molecular weight excluding hydrogens is 258 g/mol. The topological polar surface area (TPSA) is 55.8 Å². The molecule has 3 rings (SSSR count). The maximum absolute atomic E-state index is 12.4. The highest BCUT2D eigenvalue weighted by Gasteiger charge is 2.61. The van der Waals surface area contributed by atoms with Crippen molar-refractivity contribution in [3.63, 3.8) is 0 Å². The van der Waals surface area contributed by atoms with Crippen molar-refractivity contribution >= 4 is 17.6 Å². The molecule has 0 amide bonds. The molecule has 0 spiro atoms. The first-order valence-electron chi connectivity index (χ1n) is 6.37. The zero-order valence-electron chi connectivity index (χ0n) is 11.3. The van der Waals surface area contributed by atoms with Crippen molar-refractivity contribution in [1.29, 1.82) is 0 Å². The summed E-state index contributed by atoms with van der Waals surface area (Å²) in [6, 6.07) is 7.50. The Bertz CT molecular complexity index is 610. The predicted molar refractivity (Wildman–Crippen MR) is 72.4 cm³/mol. The largest absolute Gasteiger partial charge is 0.468 e. The van der Waals surface area contributed by atoms with Gasteiger partial charge in [0.05, 0.1) is 14.2 Å². The van der Waals surface area contributed by atoms with E-state index < -0.39 is 23.4 Å². The Hall–Kier alpha value is -2.30. The number of carbonyl (C=O) groups excluding carboxylic acids is 2. The summed E-state index contributed by atoms with van der Waals surface area (Å²) in [5.74, 6) is -1.58. The van der Waals surface area contributed by atoms with Crippen LogP contribution in [0.1, 0.15) is 11.5 Å². The fourth-order valence-electron chi connectivity index (χ4n) is 3.23. The fraction of sp³-hybridized carbons (Fsp3) is 0.333. The number of nitrogens with zero attached hydrogens (tertiary/aromatic N) is 1. The normalized spacial score (nSPS) is 26.1. The van der Waals surface area contributed by atoms with Crippen molar-refractivity contribution in [3.8, 4) is 0 Å². The van der Waals surface area contributed by atoms with Gasteiger partial charge in [-0.1, -0.05) is 24.3 Å². The van der Waals surface area contributed by atoms with Crippen LogP contribution in [0.5, 0.6) is 0 Å². The molecule has 0 saturated carbocycles. The van der Waals surface area contributed by atoms with E-state index in [0.717, 1.165) is 11.3 Å². The van der Waals surface area contributed by atoms with Crippen LogP contribution < -0.4 is 4.90 Å². The number of benzene rings is 1. The lowest BCUT2D eigenvalue weighted by atomic mass is 9.82. The van der Waals surface area contributed by atoms with Crippen LogP contribution in [-0.4, -0.2) is 38.2 Å². The molecule has 2 heterocycles. The molecule has 0 unspecified atom stereocenters. The Morgan fingerprint density at radius 2 is 2.00 bits per heavy atom. The number of para-hydroxylation sites is 1. The number of ether oxygens (including phenoxy) is 2. The van der Waals surface area contributed by atoms with Gasteiger partial charge < -0.3 is 14.4 Å². The summed E-state index contributed by atoms with van der Waals surface area (Å²) < 4.78 is 9.87. The minimum absolute atomic E-state index is 0.433. The first-order valence-corrected chi connectivity index (χ1v) is 6.37. The maximum atomic E-state index is 12.4. The first kappa shape index (κ1) is 12.7. The van der Waals surface area contributed by atoms with Crippen LogP contribution in [0.2, 0.25) is 0 Å². The molecule has 0 aromatic heterocycles. The molecule has 0 saturated heterocycles. The number of hydrogen-bond acceptors (Lipinski definition) is 5. The van der Waals surface area contributed by atoms with Gasteiger partial charge in [0.25, 0.3) is 0 Å². The molecule has 20 heavy (non-hydrogen) atoms. The number of hydrogen-bond donors (Lipinski definition) is 0. The van der Waals surface area contributed by atoms with E-state index >= 15 is 0 Å². The van der Waals surface area contributed by atoms with Gasteiger partial charge in [0.2, 0.25) is 0 Å². The zero-order valence-corrected chi connectivity index (χ0v) is 11.3. The standard InChI is InChI=1S/C15H15NO4/c1-19-13(17)12-10-6-3-4-7-11(10)16-9-5-8-15(12,16)14(18)20-2/h3-8,12H,9H2,1-2H3/t12-,15-/m0/s1. The Balaban J connectivity index is 2.23. The van der Waals surface area contributed by atoms with Gasteiger partial charge in [-0.25, -0.2) is 4.79 Å². The van der Waals surface area contributed by atoms with Gasteiger partial charge >= 0.3 is 11.9 Å². The molecule has 1 aromatic rings. The summed E-state index contributed by atoms with van der Waals surface area (Å²) in [4.78, 5) is 26.5. The number of methoxy groups -OCH3 is 2. The van der Waals surface area contributed by atoms with Crippen LogP contribution in [0.15, 0.2) is 36.4 Å². The highest BCUT2D eigenvalue weighted by molar-refractivity contribution is 6.02. The molecule has 104 valence electrons. The summed E-state index contributed by atoms with van der Waals surface area (Å²) in [6.07, 6.45) is 3.63. The van der Waals surface area contributed by atoms with Crippen LogP contribution in [-0.2, 0) is 19.1 Å². The van der Waals surface area contributed by atoms with Crippen LogP contribution in [0.3, 0.4) is 0 Å².